The highest BCUT2D eigenvalue weighted by atomic mass is 19.3. The molecule has 0 bridgehead atoms. The maximum Gasteiger partial charge on any atom is 0.387 e. The van der Waals surface area contributed by atoms with E-state index >= 15 is 0 Å². The molecule has 0 amide bonds. The number of halogens is 2. The minimum absolute atomic E-state index is 0.277. The maximum absolute atomic E-state index is 11.6. The van der Waals surface area contributed by atoms with E-state index in [-0.39, 0.29) is 5.76 Å². The molecule has 1 rings (SSSR count). The van der Waals surface area contributed by atoms with Gasteiger partial charge in [0.25, 0.3) is 0 Å². The van der Waals surface area contributed by atoms with E-state index in [0.29, 0.717) is 5.92 Å². The predicted molar refractivity (Wildman–Crippen MR) is 38.1 cm³/mol. The van der Waals surface area contributed by atoms with Crippen molar-refractivity contribution < 1.29 is 13.5 Å². The van der Waals surface area contributed by atoms with Crippen LogP contribution in [0.15, 0.2) is 24.0 Å². The Morgan fingerprint density at radius 1 is 1.64 bits per heavy atom. The Bertz CT molecular complexity index is 185. The van der Waals surface area contributed by atoms with Crippen molar-refractivity contribution in [1.29, 1.82) is 0 Å². The second-order valence-corrected chi connectivity index (χ2v) is 2.56. The number of alkyl halides is 2. The number of hydrogen-bond acceptors (Lipinski definition) is 1. The van der Waals surface area contributed by atoms with Crippen molar-refractivity contribution >= 4 is 0 Å². The lowest BCUT2D eigenvalue weighted by Gasteiger charge is -2.12. The first-order valence-electron chi connectivity index (χ1n) is 3.51. The second-order valence-electron chi connectivity index (χ2n) is 2.56. The summed E-state index contributed by atoms with van der Waals surface area (Å²) in [6.45, 7) is -0.755. The first kappa shape index (κ1) is 8.24. The molecule has 0 heterocycles. The van der Waals surface area contributed by atoms with Crippen LogP contribution in [0.3, 0.4) is 0 Å². The summed E-state index contributed by atoms with van der Waals surface area (Å²) in [7, 11) is 0. The predicted octanol–water partition coefficient (Wildman–Crippen LogP) is 2.71. The van der Waals surface area contributed by atoms with Crippen LogP contribution in [0.1, 0.15) is 13.3 Å². The van der Waals surface area contributed by atoms with Gasteiger partial charge < -0.3 is 4.74 Å². The molecule has 3 heteroatoms. The van der Waals surface area contributed by atoms with Crippen molar-refractivity contribution in [2.45, 2.75) is 20.0 Å². The zero-order valence-electron chi connectivity index (χ0n) is 6.26. The van der Waals surface area contributed by atoms with Gasteiger partial charge in [-0.3, -0.25) is 0 Å². The Balaban J connectivity index is 2.50. The Hall–Kier alpha value is -0.860. The lowest BCUT2D eigenvalue weighted by molar-refractivity contribution is -0.0927. The zero-order chi connectivity index (χ0) is 8.27. The molecule has 0 spiro atoms. The molecule has 0 aromatic heterocycles. The SMILES string of the molecule is CC1C=C(OC(F)F)C=CC1. The van der Waals surface area contributed by atoms with E-state index in [0.717, 1.165) is 6.42 Å². The van der Waals surface area contributed by atoms with Crippen molar-refractivity contribution in [3.05, 3.63) is 24.0 Å². The van der Waals surface area contributed by atoms with Gasteiger partial charge in [0.05, 0.1) is 0 Å². The summed E-state index contributed by atoms with van der Waals surface area (Å²) in [4.78, 5) is 0. The van der Waals surface area contributed by atoms with Gasteiger partial charge in [-0.15, -0.1) is 0 Å². The fourth-order valence-corrected chi connectivity index (χ4v) is 0.984. The third kappa shape index (κ3) is 2.70. The topological polar surface area (TPSA) is 9.23 Å². The van der Waals surface area contributed by atoms with E-state index in [2.05, 4.69) is 4.74 Å². The molecule has 0 saturated heterocycles. The van der Waals surface area contributed by atoms with E-state index in [1.54, 1.807) is 12.2 Å². The van der Waals surface area contributed by atoms with E-state index in [9.17, 15) is 8.78 Å². The first-order valence-corrected chi connectivity index (χ1v) is 3.51. The normalized spacial score (nSPS) is 23.6. The molecule has 0 N–H and O–H groups in total. The van der Waals surface area contributed by atoms with Crippen molar-refractivity contribution in [2.75, 3.05) is 0 Å². The molecule has 0 aromatic rings. The molecule has 11 heavy (non-hydrogen) atoms. The molecule has 1 aliphatic rings. The minimum atomic E-state index is -2.71. The lowest BCUT2D eigenvalue weighted by atomic mass is 10.0. The Kier molecular flexibility index (Phi) is 2.63. The van der Waals surface area contributed by atoms with Crippen LogP contribution >= 0.6 is 0 Å². The standard InChI is InChI=1S/C8H10F2O/c1-6-3-2-4-7(5-6)11-8(9)10/h2,4-6,8H,3H2,1H3. The van der Waals surface area contributed by atoms with E-state index in [1.165, 1.54) is 0 Å². The molecule has 0 fully saturated rings. The van der Waals surface area contributed by atoms with E-state index in [1.807, 2.05) is 13.0 Å². The summed E-state index contributed by atoms with van der Waals surface area (Å²) in [5.74, 6) is 0.576. The summed E-state index contributed by atoms with van der Waals surface area (Å²) >= 11 is 0. The van der Waals surface area contributed by atoms with E-state index < -0.39 is 6.61 Å². The highest BCUT2D eigenvalue weighted by molar-refractivity contribution is 5.17. The van der Waals surface area contributed by atoms with Crippen LogP contribution in [-0.4, -0.2) is 6.61 Å². The second kappa shape index (κ2) is 3.51. The number of ether oxygens (including phenoxy) is 1. The van der Waals surface area contributed by atoms with Crippen molar-refractivity contribution in [3.63, 3.8) is 0 Å². The van der Waals surface area contributed by atoms with Crippen molar-refractivity contribution in [3.8, 4) is 0 Å². The molecule has 0 aliphatic heterocycles. The smallest absolute Gasteiger partial charge is 0.387 e. The Labute approximate surface area is 64.4 Å². The summed E-state index contributed by atoms with van der Waals surface area (Å²) in [5.41, 5.74) is 0. The van der Waals surface area contributed by atoms with Crippen molar-refractivity contribution in [2.24, 2.45) is 5.92 Å². The van der Waals surface area contributed by atoms with Crippen LogP contribution in [0.5, 0.6) is 0 Å². The van der Waals surface area contributed by atoms with Crippen LogP contribution in [-0.2, 0) is 4.74 Å². The Morgan fingerprint density at radius 2 is 2.36 bits per heavy atom. The molecule has 62 valence electrons. The van der Waals surface area contributed by atoms with Crippen LogP contribution in [0.2, 0.25) is 0 Å². The minimum Gasteiger partial charge on any atom is -0.435 e. The van der Waals surface area contributed by atoms with Crippen LogP contribution in [0.25, 0.3) is 0 Å². The number of allylic oxidation sites excluding steroid dienone is 3. The van der Waals surface area contributed by atoms with Gasteiger partial charge in [-0.2, -0.15) is 8.78 Å². The average molecular weight is 160 g/mol. The highest BCUT2D eigenvalue weighted by Gasteiger charge is 2.09. The summed E-state index contributed by atoms with van der Waals surface area (Å²) in [6, 6.07) is 0. The van der Waals surface area contributed by atoms with Crippen molar-refractivity contribution in [1.82, 2.24) is 0 Å². The monoisotopic (exact) mass is 160 g/mol. The van der Waals surface area contributed by atoms with Crippen LogP contribution in [0.4, 0.5) is 8.78 Å². The molecule has 0 saturated carbocycles. The Morgan fingerprint density at radius 3 is 2.91 bits per heavy atom. The van der Waals surface area contributed by atoms with Gasteiger partial charge in [0, 0.05) is 0 Å². The molecular weight excluding hydrogens is 150 g/mol. The molecule has 1 nitrogen and oxygen atoms in total. The molecule has 0 aromatic carbocycles. The fourth-order valence-electron chi connectivity index (χ4n) is 0.984. The molecule has 1 aliphatic carbocycles. The molecule has 1 atom stereocenters. The quantitative estimate of drug-likeness (QED) is 0.603. The average Bonchev–Trinajstić information content (AvgIpc) is 1.85. The van der Waals surface area contributed by atoms with Gasteiger partial charge in [0.15, 0.2) is 0 Å². The summed E-state index contributed by atoms with van der Waals surface area (Å²) < 4.78 is 27.5. The van der Waals surface area contributed by atoms with Gasteiger partial charge in [-0.05, 0) is 24.5 Å². The van der Waals surface area contributed by atoms with Crippen LogP contribution < -0.4 is 0 Å². The van der Waals surface area contributed by atoms with Gasteiger partial charge >= 0.3 is 6.61 Å². The maximum atomic E-state index is 11.6. The van der Waals surface area contributed by atoms with E-state index in [4.69, 9.17) is 0 Å². The first-order chi connectivity index (χ1) is 5.18. The van der Waals surface area contributed by atoms with Gasteiger partial charge in [0.2, 0.25) is 0 Å². The summed E-state index contributed by atoms with van der Waals surface area (Å²) in [6.07, 6.45) is 6.01. The molecule has 1 unspecified atom stereocenters. The lowest BCUT2D eigenvalue weighted by Crippen LogP contribution is -2.02. The number of rotatable bonds is 2. The largest absolute Gasteiger partial charge is 0.435 e. The fraction of sp³-hybridized carbons (Fsp3) is 0.500. The van der Waals surface area contributed by atoms with Gasteiger partial charge in [0.1, 0.15) is 5.76 Å². The van der Waals surface area contributed by atoms with Gasteiger partial charge in [-0.25, -0.2) is 0 Å². The third-order valence-electron chi connectivity index (χ3n) is 1.46. The molecular formula is C8H10F2O. The highest BCUT2D eigenvalue weighted by Crippen LogP contribution is 2.18. The molecule has 0 radical (unpaired) electrons. The van der Waals surface area contributed by atoms with Gasteiger partial charge in [-0.1, -0.05) is 13.0 Å². The zero-order valence-corrected chi connectivity index (χ0v) is 6.26. The third-order valence-corrected chi connectivity index (χ3v) is 1.46. The van der Waals surface area contributed by atoms with Crippen LogP contribution in [0, 0.1) is 5.92 Å². The summed E-state index contributed by atoms with van der Waals surface area (Å²) in [5, 5.41) is 0. The number of hydrogen-bond donors (Lipinski definition) is 0.